The first kappa shape index (κ1) is 17.5. The summed E-state index contributed by atoms with van der Waals surface area (Å²) in [5.74, 6) is -0.0109. The first-order chi connectivity index (χ1) is 10.1. The number of carbonyl (C=O) groups is 1. The molecule has 0 fully saturated rings. The van der Waals surface area contributed by atoms with Gasteiger partial charge in [-0.3, -0.25) is 4.79 Å². The van der Waals surface area contributed by atoms with Crippen LogP contribution in [-0.2, 0) is 0 Å². The second kappa shape index (κ2) is 8.65. The van der Waals surface area contributed by atoms with E-state index >= 15 is 0 Å². The third kappa shape index (κ3) is 4.45. The largest absolute Gasteiger partial charge is 0.396 e. The molecule has 0 radical (unpaired) electrons. The van der Waals surface area contributed by atoms with E-state index in [0.29, 0.717) is 27.5 Å². The summed E-state index contributed by atoms with van der Waals surface area (Å²) in [6, 6.07) is 2.10. The number of carbonyl (C=O) groups excluding carboxylic acids is 1. The monoisotopic (exact) mass is 308 g/mol. The van der Waals surface area contributed by atoms with E-state index in [-0.39, 0.29) is 5.78 Å². The van der Waals surface area contributed by atoms with Crippen molar-refractivity contribution < 1.29 is 4.79 Å². The van der Waals surface area contributed by atoms with Crippen molar-refractivity contribution in [2.75, 3.05) is 37.2 Å². The molecule has 6 heteroatoms. The molecule has 0 aromatic carbocycles. The van der Waals surface area contributed by atoms with Crippen LogP contribution in [0, 0.1) is 11.3 Å². The number of hydrogen-bond acceptors (Lipinski definition) is 6. The minimum absolute atomic E-state index is 0.0109. The smallest absolute Gasteiger partial charge is 0.174 e. The second-order valence-electron chi connectivity index (χ2n) is 4.80. The van der Waals surface area contributed by atoms with Crippen molar-refractivity contribution in [1.82, 2.24) is 4.90 Å². The van der Waals surface area contributed by atoms with E-state index in [1.54, 1.807) is 6.92 Å². The van der Waals surface area contributed by atoms with Crippen molar-refractivity contribution in [2.45, 2.75) is 33.6 Å². The number of nitrogens with zero attached hydrogens (tertiary/aromatic N) is 2. The highest BCUT2D eigenvalue weighted by Gasteiger charge is 2.19. The van der Waals surface area contributed by atoms with Gasteiger partial charge in [-0.15, -0.1) is 11.3 Å². The summed E-state index contributed by atoms with van der Waals surface area (Å²) in [6.45, 7) is 9.81. The molecule has 0 saturated carbocycles. The normalized spacial score (nSPS) is 10.6. The number of anilines is 2. The highest BCUT2D eigenvalue weighted by atomic mass is 32.1. The molecule has 0 aliphatic heterocycles. The van der Waals surface area contributed by atoms with Gasteiger partial charge in [0.1, 0.15) is 16.6 Å². The van der Waals surface area contributed by atoms with Gasteiger partial charge >= 0.3 is 0 Å². The summed E-state index contributed by atoms with van der Waals surface area (Å²) in [6.07, 6.45) is 1.52. The molecule has 21 heavy (non-hydrogen) atoms. The number of rotatable bonds is 9. The van der Waals surface area contributed by atoms with Crippen LogP contribution in [0.5, 0.6) is 0 Å². The molecule has 0 aliphatic carbocycles. The SMILES string of the molecule is CCCN(CC)CCNc1sc(C(=O)CC)c(N)c1C#N. The van der Waals surface area contributed by atoms with E-state index < -0.39 is 0 Å². The van der Waals surface area contributed by atoms with E-state index in [0.717, 1.165) is 32.6 Å². The summed E-state index contributed by atoms with van der Waals surface area (Å²) in [5.41, 5.74) is 6.63. The molecule has 0 spiro atoms. The highest BCUT2D eigenvalue weighted by Crippen LogP contribution is 2.35. The number of nitrogens with one attached hydrogen (secondary N) is 1. The predicted octanol–water partition coefficient (Wildman–Crippen LogP) is 2.94. The van der Waals surface area contributed by atoms with Crippen LogP contribution in [0.15, 0.2) is 0 Å². The van der Waals surface area contributed by atoms with Crippen LogP contribution in [0.1, 0.15) is 48.8 Å². The minimum atomic E-state index is -0.0109. The number of hydrogen-bond donors (Lipinski definition) is 2. The van der Waals surface area contributed by atoms with Gasteiger partial charge in [-0.05, 0) is 19.5 Å². The third-order valence-corrected chi connectivity index (χ3v) is 4.54. The number of likely N-dealkylation sites (N-methyl/N-ethyl adjacent to an activating group) is 1. The average Bonchev–Trinajstić information content (AvgIpc) is 2.81. The molecule has 3 N–H and O–H groups in total. The van der Waals surface area contributed by atoms with Gasteiger partial charge in [0.2, 0.25) is 0 Å². The zero-order valence-corrected chi connectivity index (χ0v) is 13.8. The molecule has 0 bridgehead atoms. The number of ketones is 1. The Hall–Kier alpha value is -1.58. The van der Waals surface area contributed by atoms with E-state index in [1.807, 2.05) is 0 Å². The average molecular weight is 308 g/mol. The Balaban J connectivity index is 2.75. The molecule has 116 valence electrons. The van der Waals surface area contributed by atoms with Gasteiger partial charge in [0.05, 0.1) is 10.6 Å². The summed E-state index contributed by atoms with van der Waals surface area (Å²) in [5, 5.41) is 13.2. The van der Waals surface area contributed by atoms with Crippen LogP contribution in [-0.4, -0.2) is 36.9 Å². The first-order valence-corrected chi connectivity index (χ1v) is 8.22. The molecule has 1 heterocycles. The Labute approximate surface area is 130 Å². The van der Waals surface area contributed by atoms with Crippen molar-refractivity contribution in [2.24, 2.45) is 0 Å². The van der Waals surface area contributed by atoms with Crippen molar-refractivity contribution >= 4 is 27.8 Å². The molecule has 1 aromatic heterocycles. The quantitative estimate of drug-likeness (QED) is 0.685. The molecular formula is C15H24N4OS. The Morgan fingerprint density at radius 1 is 1.38 bits per heavy atom. The maximum absolute atomic E-state index is 11.8. The number of nitriles is 1. The molecule has 1 aromatic rings. The van der Waals surface area contributed by atoms with Crippen molar-refractivity contribution in [1.29, 1.82) is 5.26 Å². The maximum atomic E-state index is 11.8. The Morgan fingerprint density at radius 3 is 2.62 bits per heavy atom. The summed E-state index contributed by atoms with van der Waals surface area (Å²) >= 11 is 1.29. The van der Waals surface area contributed by atoms with Crippen LogP contribution in [0.25, 0.3) is 0 Å². The van der Waals surface area contributed by atoms with E-state index in [1.165, 1.54) is 11.3 Å². The van der Waals surface area contributed by atoms with E-state index in [4.69, 9.17) is 5.73 Å². The van der Waals surface area contributed by atoms with E-state index in [9.17, 15) is 10.1 Å². The Morgan fingerprint density at radius 2 is 2.10 bits per heavy atom. The van der Waals surface area contributed by atoms with Crippen LogP contribution in [0.2, 0.25) is 0 Å². The molecule has 0 atom stereocenters. The maximum Gasteiger partial charge on any atom is 0.174 e. The van der Waals surface area contributed by atoms with Gasteiger partial charge in [0, 0.05) is 19.5 Å². The summed E-state index contributed by atoms with van der Waals surface area (Å²) in [7, 11) is 0. The first-order valence-electron chi connectivity index (χ1n) is 7.40. The number of nitrogens with two attached hydrogens (primary N) is 1. The zero-order chi connectivity index (χ0) is 15.8. The lowest BCUT2D eigenvalue weighted by atomic mass is 10.2. The van der Waals surface area contributed by atoms with Gasteiger partial charge < -0.3 is 16.0 Å². The highest BCUT2D eigenvalue weighted by molar-refractivity contribution is 7.19. The van der Waals surface area contributed by atoms with Gasteiger partial charge in [-0.2, -0.15) is 5.26 Å². The fourth-order valence-electron chi connectivity index (χ4n) is 2.12. The lowest BCUT2D eigenvalue weighted by Crippen LogP contribution is -2.29. The standard InChI is InChI=1S/C15H24N4OS/c1-4-8-19(6-3)9-7-18-15-11(10-16)13(17)14(21-15)12(20)5-2/h18H,4-9,17H2,1-3H3. The predicted molar refractivity (Wildman–Crippen MR) is 89.0 cm³/mol. The van der Waals surface area contributed by atoms with Crippen molar-refractivity contribution in [3.8, 4) is 6.07 Å². The topological polar surface area (TPSA) is 82.2 Å². The molecule has 1 rings (SSSR count). The molecule has 5 nitrogen and oxygen atoms in total. The molecular weight excluding hydrogens is 284 g/mol. The van der Waals surface area contributed by atoms with Gasteiger partial charge in [0.15, 0.2) is 5.78 Å². The lowest BCUT2D eigenvalue weighted by molar-refractivity contribution is 0.0993. The third-order valence-electron chi connectivity index (χ3n) is 3.33. The van der Waals surface area contributed by atoms with E-state index in [2.05, 4.69) is 30.1 Å². The van der Waals surface area contributed by atoms with Gasteiger partial charge in [-0.1, -0.05) is 20.8 Å². The van der Waals surface area contributed by atoms with Crippen LogP contribution in [0.3, 0.4) is 0 Å². The van der Waals surface area contributed by atoms with Gasteiger partial charge in [-0.25, -0.2) is 0 Å². The van der Waals surface area contributed by atoms with Crippen LogP contribution >= 0.6 is 11.3 Å². The lowest BCUT2D eigenvalue weighted by Gasteiger charge is -2.19. The fourth-order valence-corrected chi connectivity index (χ4v) is 3.23. The van der Waals surface area contributed by atoms with Crippen LogP contribution < -0.4 is 11.1 Å². The Kier molecular flexibility index (Phi) is 7.20. The summed E-state index contributed by atoms with van der Waals surface area (Å²) < 4.78 is 0. The summed E-state index contributed by atoms with van der Waals surface area (Å²) in [4.78, 5) is 14.7. The van der Waals surface area contributed by atoms with Crippen molar-refractivity contribution in [3.05, 3.63) is 10.4 Å². The molecule has 0 aliphatic rings. The zero-order valence-electron chi connectivity index (χ0n) is 13.0. The number of thiophene rings is 1. The van der Waals surface area contributed by atoms with Crippen molar-refractivity contribution in [3.63, 3.8) is 0 Å². The Bertz CT molecular complexity index is 518. The number of nitrogen functional groups attached to an aromatic ring is 1. The molecule has 0 saturated heterocycles. The second-order valence-corrected chi connectivity index (χ2v) is 5.82. The van der Waals surface area contributed by atoms with Crippen LogP contribution in [0.4, 0.5) is 10.7 Å². The fraction of sp³-hybridized carbons (Fsp3) is 0.600. The minimum Gasteiger partial charge on any atom is -0.396 e. The van der Waals surface area contributed by atoms with Gasteiger partial charge in [0.25, 0.3) is 0 Å². The number of Topliss-reactive ketones (excluding diaryl/α,β-unsaturated/α-hetero) is 1. The molecule has 0 amide bonds. The molecule has 0 unspecified atom stereocenters.